The number of hydrogen-bond acceptors (Lipinski definition) is 5. The van der Waals surface area contributed by atoms with Gasteiger partial charge in [-0.05, 0) is 30.3 Å². The first-order valence-electron chi connectivity index (χ1n) is 8.85. The zero-order chi connectivity index (χ0) is 18.9. The molecular formula is C21H13BrClNO3S. The molecule has 2 atom stereocenters. The van der Waals surface area contributed by atoms with Crippen LogP contribution < -0.4 is 14.2 Å². The molecule has 0 bridgehead atoms. The van der Waals surface area contributed by atoms with E-state index in [1.165, 1.54) is 0 Å². The van der Waals surface area contributed by atoms with Crippen LogP contribution >= 0.6 is 38.9 Å². The Morgan fingerprint density at radius 1 is 1.14 bits per heavy atom. The average molecular weight is 475 g/mol. The van der Waals surface area contributed by atoms with Crippen LogP contribution in [0.2, 0.25) is 4.34 Å². The Morgan fingerprint density at radius 2 is 2.00 bits per heavy atom. The summed E-state index contributed by atoms with van der Waals surface area (Å²) in [5, 5.41) is 0. The Bertz CT molecular complexity index is 1160. The molecule has 0 radical (unpaired) electrons. The molecule has 4 heterocycles. The Labute approximate surface area is 178 Å². The number of aliphatic imine (C=N–C) groups is 1. The van der Waals surface area contributed by atoms with Crippen LogP contribution in [-0.2, 0) is 11.8 Å². The Morgan fingerprint density at radius 3 is 2.82 bits per heavy atom. The topological polar surface area (TPSA) is 40.0 Å². The van der Waals surface area contributed by atoms with Gasteiger partial charge in [-0.3, -0.25) is 4.99 Å². The second-order valence-electron chi connectivity index (χ2n) is 7.02. The average Bonchev–Trinajstić information content (AvgIpc) is 3.42. The van der Waals surface area contributed by atoms with Crippen molar-refractivity contribution in [2.24, 2.45) is 4.99 Å². The maximum atomic E-state index is 6.10. The number of ether oxygens (including phenoxy) is 3. The molecule has 3 aliphatic heterocycles. The number of fused-ring (bicyclic) bond motifs is 5. The Balaban J connectivity index is 1.37. The maximum Gasteiger partial charge on any atom is 0.246 e. The van der Waals surface area contributed by atoms with Gasteiger partial charge in [-0.15, -0.1) is 11.3 Å². The molecule has 1 aromatic heterocycles. The highest BCUT2D eigenvalue weighted by atomic mass is 79.9. The van der Waals surface area contributed by atoms with Gasteiger partial charge in [0.15, 0.2) is 11.5 Å². The summed E-state index contributed by atoms with van der Waals surface area (Å²) in [7, 11) is 0. The fraction of sp³-hybridized carbons (Fsp3) is 0.190. The molecule has 3 aliphatic rings. The zero-order valence-electron chi connectivity index (χ0n) is 14.4. The van der Waals surface area contributed by atoms with E-state index in [-0.39, 0.29) is 6.29 Å². The summed E-state index contributed by atoms with van der Waals surface area (Å²) in [4.78, 5) is 5.77. The third-order valence-corrected chi connectivity index (χ3v) is 7.27. The van der Waals surface area contributed by atoms with Gasteiger partial charge in [0.25, 0.3) is 0 Å². The molecule has 0 amide bonds. The van der Waals surface area contributed by atoms with E-state index in [4.69, 9.17) is 25.8 Å². The van der Waals surface area contributed by atoms with Crippen molar-refractivity contribution in [1.82, 2.24) is 0 Å². The van der Waals surface area contributed by atoms with Crippen molar-refractivity contribution in [2.45, 2.75) is 18.1 Å². The molecule has 3 aromatic rings. The second kappa shape index (κ2) is 5.99. The van der Waals surface area contributed by atoms with E-state index < -0.39 is 5.41 Å². The normalized spacial score (nSPS) is 23.1. The largest absolute Gasteiger partial charge is 0.491 e. The summed E-state index contributed by atoms with van der Waals surface area (Å²) in [6, 6.07) is 13.9. The van der Waals surface area contributed by atoms with E-state index in [0.717, 1.165) is 42.0 Å². The quantitative estimate of drug-likeness (QED) is 0.464. The van der Waals surface area contributed by atoms with Crippen molar-refractivity contribution < 1.29 is 14.2 Å². The van der Waals surface area contributed by atoms with Gasteiger partial charge in [-0.1, -0.05) is 33.6 Å². The Kier molecular flexibility index (Phi) is 3.61. The van der Waals surface area contributed by atoms with E-state index in [9.17, 15) is 0 Å². The number of rotatable bonds is 2. The highest BCUT2D eigenvalue weighted by Crippen LogP contribution is 2.54. The molecule has 28 heavy (non-hydrogen) atoms. The van der Waals surface area contributed by atoms with Gasteiger partial charge >= 0.3 is 0 Å². The minimum atomic E-state index is -0.400. The molecule has 0 aliphatic carbocycles. The Hall–Kier alpha value is -2.02. The van der Waals surface area contributed by atoms with E-state index >= 15 is 0 Å². The van der Waals surface area contributed by atoms with Crippen LogP contribution in [-0.4, -0.2) is 19.1 Å². The van der Waals surface area contributed by atoms with E-state index in [1.54, 1.807) is 11.3 Å². The fourth-order valence-corrected chi connectivity index (χ4v) is 5.91. The molecule has 0 N–H and O–H groups in total. The molecule has 4 nitrogen and oxygen atoms in total. The second-order valence-corrected chi connectivity index (χ2v) is 9.68. The predicted molar refractivity (Wildman–Crippen MR) is 113 cm³/mol. The highest BCUT2D eigenvalue weighted by Gasteiger charge is 2.47. The molecule has 1 unspecified atom stereocenters. The monoisotopic (exact) mass is 473 g/mol. The SMILES string of the molecule is Clc1ccc(C[C@H]2Oc3cc4c(cc3O2)C2(C=Nc3cccc(Br)c32)CO4)s1. The minimum absolute atomic E-state index is 0.362. The maximum absolute atomic E-state index is 6.10. The summed E-state index contributed by atoms with van der Waals surface area (Å²) >= 11 is 11.3. The van der Waals surface area contributed by atoms with Gasteiger partial charge in [0.1, 0.15) is 12.4 Å². The van der Waals surface area contributed by atoms with Crippen LogP contribution in [0.3, 0.4) is 0 Å². The summed E-state index contributed by atoms with van der Waals surface area (Å²) in [6.07, 6.45) is 2.28. The first-order chi connectivity index (χ1) is 13.6. The van der Waals surface area contributed by atoms with Crippen molar-refractivity contribution in [3.63, 3.8) is 0 Å². The van der Waals surface area contributed by atoms with Crippen LogP contribution in [0.15, 0.2) is 51.9 Å². The summed E-state index contributed by atoms with van der Waals surface area (Å²) in [5.41, 5.74) is 2.76. The third kappa shape index (κ3) is 2.38. The molecule has 0 saturated heterocycles. The standard InChI is InChI=1S/C21H13BrClNO3S/c22-13-2-1-3-14-20(13)21(9-24-14)10-25-15-8-17-16(7-12(15)21)26-19(27-17)6-11-4-5-18(23)28-11/h1-5,7-9,19H,6,10H2/t19-,21?/m1/s1. The number of benzene rings is 2. The predicted octanol–water partition coefficient (Wildman–Crippen LogP) is 5.90. The van der Waals surface area contributed by atoms with Crippen LogP contribution in [0, 0.1) is 0 Å². The van der Waals surface area contributed by atoms with Gasteiger partial charge in [-0.2, -0.15) is 0 Å². The molecule has 2 aromatic carbocycles. The van der Waals surface area contributed by atoms with Gasteiger partial charge in [0, 0.05) is 32.8 Å². The van der Waals surface area contributed by atoms with Gasteiger partial charge in [-0.25, -0.2) is 0 Å². The number of nitrogens with zero attached hydrogens (tertiary/aromatic N) is 1. The molecule has 140 valence electrons. The van der Waals surface area contributed by atoms with Crippen LogP contribution in [0.1, 0.15) is 16.0 Å². The van der Waals surface area contributed by atoms with E-state index in [1.807, 2.05) is 48.7 Å². The van der Waals surface area contributed by atoms with Crippen LogP contribution in [0.5, 0.6) is 17.2 Å². The molecule has 7 heteroatoms. The van der Waals surface area contributed by atoms with Gasteiger partial charge < -0.3 is 14.2 Å². The lowest BCUT2D eigenvalue weighted by Crippen LogP contribution is -2.29. The van der Waals surface area contributed by atoms with E-state index in [2.05, 4.69) is 20.9 Å². The minimum Gasteiger partial charge on any atom is -0.491 e. The molecule has 0 fully saturated rings. The lowest BCUT2D eigenvalue weighted by molar-refractivity contribution is 0.0508. The zero-order valence-corrected chi connectivity index (χ0v) is 17.6. The third-order valence-electron chi connectivity index (χ3n) is 5.36. The van der Waals surface area contributed by atoms with Crippen molar-refractivity contribution in [2.75, 3.05) is 6.61 Å². The number of thiophene rings is 1. The van der Waals surface area contributed by atoms with Crippen LogP contribution in [0.4, 0.5) is 5.69 Å². The number of hydrogen-bond donors (Lipinski definition) is 0. The first-order valence-corrected chi connectivity index (χ1v) is 10.8. The number of halogens is 2. The van der Waals surface area contributed by atoms with Gasteiger partial charge in [0.2, 0.25) is 6.29 Å². The fourth-order valence-electron chi connectivity index (χ4n) is 4.10. The van der Waals surface area contributed by atoms with Crippen molar-refractivity contribution in [1.29, 1.82) is 0 Å². The van der Waals surface area contributed by atoms with E-state index in [0.29, 0.717) is 18.8 Å². The lowest BCUT2D eigenvalue weighted by atomic mass is 9.78. The molecule has 6 rings (SSSR count). The smallest absolute Gasteiger partial charge is 0.246 e. The molecule has 1 spiro atoms. The summed E-state index contributed by atoms with van der Waals surface area (Å²) in [5.74, 6) is 2.27. The lowest BCUT2D eigenvalue weighted by Gasteiger charge is -2.21. The van der Waals surface area contributed by atoms with Crippen molar-refractivity contribution >= 4 is 50.8 Å². The highest BCUT2D eigenvalue weighted by molar-refractivity contribution is 9.10. The van der Waals surface area contributed by atoms with Crippen LogP contribution in [0.25, 0.3) is 0 Å². The van der Waals surface area contributed by atoms with Crippen molar-refractivity contribution in [3.8, 4) is 17.2 Å². The molecule has 0 saturated carbocycles. The first kappa shape index (κ1) is 16.9. The summed E-state index contributed by atoms with van der Waals surface area (Å²) < 4.78 is 20.0. The van der Waals surface area contributed by atoms with Crippen molar-refractivity contribution in [3.05, 3.63) is 67.3 Å². The van der Waals surface area contributed by atoms with Gasteiger partial charge in [0.05, 0.1) is 21.9 Å². The summed E-state index contributed by atoms with van der Waals surface area (Å²) in [6.45, 7) is 0.515. The molecular weight excluding hydrogens is 462 g/mol.